The highest BCUT2D eigenvalue weighted by atomic mass is 19.1. The first-order valence-corrected chi connectivity index (χ1v) is 9.25. The Labute approximate surface area is 161 Å². The minimum absolute atomic E-state index is 0.0880. The van der Waals surface area contributed by atoms with Crippen LogP contribution in [-0.2, 0) is 0 Å². The summed E-state index contributed by atoms with van der Waals surface area (Å²) in [7, 11) is 0. The Hall–Kier alpha value is -3.00. The van der Waals surface area contributed by atoms with E-state index < -0.39 is 17.8 Å². The second-order valence-electron chi connectivity index (χ2n) is 7.68. The van der Waals surface area contributed by atoms with Crippen molar-refractivity contribution in [3.63, 3.8) is 0 Å². The summed E-state index contributed by atoms with van der Waals surface area (Å²) in [6.45, 7) is 2.65. The van der Waals surface area contributed by atoms with E-state index >= 15 is 0 Å². The smallest absolute Gasteiger partial charge is 0.233 e. The molecule has 2 aliphatic rings. The maximum atomic E-state index is 14.6. The maximum absolute atomic E-state index is 14.6. The molecule has 0 unspecified atom stereocenters. The standard InChI is InChI=1S/C20H20FN5O2/c1-20-9-12(10-23-20)18(19(20)21)28-17-5-4-15(24-25-17)14-3-2-13(8-16(14)27)26-7-6-22-11-26/h2-8,11-12,18-19,23,27H,9-10H2,1H3/t12-,18-,19-,20-/m0/s1. The Morgan fingerprint density at radius 1 is 1.29 bits per heavy atom. The average molecular weight is 381 g/mol. The van der Waals surface area contributed by atoms with Crippen LogP contribution in [0, 0.1) is 5.92 Å². The Kier molecular flexibility index (Phi) is 3.83. The van der Waals surface area contributed by atoms with Crippen LogP contribution >= 0.6 is 0 Å². The summed E-state index contributed by atoms with van der Waals surface area (Å²) in [6, 6.07) is 8.66. The molecule has 2 N–H and O–H groups in total. The number of hydrogen-bond donors (Lipinski definition) is 2. The van der Waals surface area contributed by atoms with Crippen molar-refractivity contribution >= 4 is 0 Å². The first-order valence-electron chi connectivity index (χ1n) is 9.25. The molecule has 0 radical (unpaired) electrons. The lowest BCUT2D eigenvalue weighted by atomic mass is 9.99. The van der Waals surface area contributed by atoms with Crippen molar-refractivity contribution in [3.8, 4) is 28.6 Å². The summed E-state index contributed by atoms with van der Waals surface area (Å²) in [6.07, 6.45) is 4.31. The first kappa shape index (κ1) is 17.1. The van der Waals surface area contributed by atoms with Gasteiger partial charge in [-0.15, -0.1) is 10.2 Å². The Balaban J connectivity index is 1.34. The zero-order valence-corrected chi connectivity index (χ0v) is 15.3. The molecule has 28 heavy (non-hydrogen) atoms. The molecule has 1 aromatic carbocycles. The molecule has 8 heteroatoms. The van der Waals surface area contributed by atoms with Gasteiger partial charge in [0.1, 0.15) is 11.9 Å². The third-order valence-electron chi connectivity index (χ3n) is 5.77. The van der Waals surface area contributed by atoms with E-state index in [0.717, 1.165) is 18.7 Å². The van der Waals surface area contributed by atoms with Gasteiger partial charge in [-0.1, -0.05) is 0 Å². The zero-order valence-electron chi connectivity index (χ0n) is 15.3. The molecule has 0 amide bonds. The molecule has 2 aromatic heterocycles. The molecule has 1 saturated carbocycles. The second-order valence-corrected chi connectivity index (χ2v) is 7.68. The average Bonchev–Trinajstić information content (AvgIpc) is 3.41. The van der Waals surface area contributed by atoms with Crippen LogP contribution in [0.15, 0.2) is 49.1 Å². The molecular formula is C20H20FN5O2. The molecule has 3 heterocycles. The predicted octanol–water partition coefficient (Wildman–Crippen LogP) is 2.50. The van der Waals surface area contributed by atoms with Gasteiger partial charge in [-0.3, -0.25) is 0 Å². The second kappa shape index (κ2) is 6.27. The van der Waals surface area contributed by atoms with Gasteiger partial charge >= 0.3 is 0 Å². The van der Waals surface area contributed by atoms with Gasteiger partial charge < -0.3 is 19.7 Å². The van der Waals surface area contributed by atoms with Crippen LogP contribution in [0.2, 0.25) is 0 Å². The highest BCUT2D eigenvalue weighted by molar-refractivity contribution is 5.68. The van der Waals surface area contributed by atoms with E-state index in [1.165, 1.54) is 0 Å². The van der Waals surface area contributed by atoms with Gasteiger partial charge in [-0.05, 0) is 31.5 Å². The molecule has 7 nitrogen and oxygen atoms in total. The fourth-order valence-electron chi connectivity index (χ4n) is 4.23. The number of hydrogen-bond acceptors (Lipinski definition) is 6. The Bertz CT molecular complexity index is 994. The van der Waals surface area contributed by atoms with Crippen LogP contribution < -0.4 is 10.1 Å². The van der Waals surface area contributed by atoms with Gasteiger partial charge in [0.05, 0.1) is 23.2 Å². The van der Waals surface area contributed by atoms with Gasteiger partial charge in [0.25, 0.3) is 0 Å². The van der Waals surface area contributed by atoms with Crippen molar-refractivity contribution < 1.29 is 14.2 Å². The number of benzene rings is 1. The molecule has 5 rings (SSSR count). The molecule has 4 atom stereocenters. The van der Waals surface area contributed by atoms with Gasteiger partial charge in [0.15, 0.2) is 6.17 Å². The van der Waals surface area contributed by atoms with Gasteiger partial charge in [-0.2, -0.15) is 0 Å². The third-order valence-corrected chi connectivity index (χ3v) is 5.77. The van der Waals surface area contributed by atoms with Crippen LogP contribution in [0.4, 0.5) is 4.39 Å². The van der Waals surface area contributed by atoms with E-state index in [0.29, 0.717) is 17.1 Å². The van der Waals surface area contributed by atoms with Crippen molar-refractivity contribution in [3.05, 3.63) is 49.1 Å². The number of imidazole rings is 1. The highest BCUT2D eigenvalue weighted by Gasteiger charge is 2.57. The summed E-state index contributed by atoms with van der Waals surface area (Å²) < 4.78 is 22.2. The van der Waals surface area contributed by atoms with Crippen LogP contribution in [0.25, 0.3) is 16.9 Å². The van der Waals surface area contributed by atoms with E-state index in [9.17, 15) is 9.50 Å². The molecule has 144 valence electrons. The van der Waals surface area contributed by atoms with Gasteiger partial charge in [0.2, 0.25) is 5.88 Å². The number of aromatic nitrogens is 4. The van der Waals surface area contributed by atoms with Crippen molar-refractivity contribution in [2.75, 3.05) is 6.54 Å². The van der Waals surface area contributed by atoms with Gasteiger partial charge in [-0.25, -0.2) is 9.37 Å². The number of piperidine rings is 1. The maximum Gasteiger partial charge on any atom is 0.233 e. The molecule has 0 spiro atoms. The van der Waals surface area contributed by atoms with Crippen molar-refractivity contribution in [1.29, 1.82) is 0 Å². The Morgan fingerprint density at radius 2 is 2.18 bits per heavy atom. The number of halogens is 1. The van der Waals surface area contributed by atoms with E-state index in [2.05, 4.69) is 20.5 Å². The fourth-order valence-corrected chi connectivity index (χ4v) is 4.23. The molecule has 3 aromatic rings. The number of phenolic OH excluding ortho intramolecular Hbond substituents is 1. The van der Waals surface area contributed by atoms with Crippen LogP contribution in [0.3, 0.4) is 0 Å². The number of phenols is 1. The monoisotopic (exact) mass is 381 g/mol. The lowest BCUT2D eigenvalue weighted by molar-refractivity contribution is 0.0407. The summed E-state index contributed by atoms with van der Waals surface area (Å²) in [5, 5.41) is 21.9. The quantitative estimate of drug-likeness (QED) is 0.722. The van der Waals surface area contributed by atoms with Crippen LogP contribution in [0.5, 0.6) is 11.6 Å². The summed E-state index contributed by atoms with van der Waals surface area (Å²) in [4.78, 5) is 4.00. The number of alkyl halides is 1. The van der Waals surface area contributed by atoms with Crippen molar-refractivity contribution in [2.24, 2.45) is 5.92 Å². The first-order chi connectivity index (χ1) is 13.5. The number of rotatable bonds is 4. The predicted molar refractivity (Wildman–Crippen MR) is 100 cm³/mol. The molecular weight excluding hydrogens is 361 g/mol. The zero-order chi connectivity index (χ0) is 19.3. The number of nitrogens with one attached hydrogen (secondary N) is 1. The summed E-state index contributed by atoms with van der Waals surface area (Å²) in [5.74, 6) is 0.522. The molecule has 1 aliphatic carbocycles. The molecule has 1 aliphatic heterocycles. The third kappa shape index (κ3) is 2.72. The minimum Gasteiger partial charge on any atom is -0.507 e. The van der Waals surface area contributed by atoms with E-state index in [1.807, 2.05) is 13.0 Å². The topological polar surface area (TPSA) is 85.1 Å². The van der Waals surface area contributed by atoms with Crippen molar-refractivity contribution in [2.45, 2.75) is 31.2 Å². The van der Waals surface area contributed by atoms with Gasteiger partial charge in [0, 0.05) is 42.6 Å². The van der Waals surface area contributed by atoms with E-state index in [1.54, 1.807) is 47.6 Å². The molecule has 1 saturated heterocycles. The number of fused-ring (bicyclic) bond motifs is 2. The minimum atomic E-state index is -1.08. The van der Waals surface area contributed by atoms with Crippen LogP contribution in [-0.4, -0.2) is 49.2 Å². The molecule has 2 fully saturated rings. The normalized spacial score (nSPS) is 28.6. The SMILES string of the molecule is C[C@@]12C[C@@H](CN1)[C@H](Oc1ccc(-c3ccc(-n4ccnc4)cc3O)nn1)[C@@H]2F. The van der Waals surface area contributed by atoms with E-state index in [4.69, 9.17) is 4.74 Å². The van der Waals surface area contributed by atoms with Crippen LogP contribution in [0.1, 0.15) is 13.3 Å². The number of ether oxygens (including phenoxy) is 1. The fraction of sp³-hybridized carbons (Fsp3) is 0.350. The lowest BCUT2D eigenvalue weighted by Crippen LogP contribution is -2.53. The van der Waals surface area contributed by atoms with Crippen molar-refractivity contribution in [1.82, 2.24) is 25.1 Å². The lowest BCUT2D eigenvalue weighted by Gasteiger charge is -2.32. The number of aromatic hydroxyl groups is 1. The Morgan fingerprint density at radius 3 is 2.82 bits per heavy atom. The largest absolute Gasteiger partial charge is 0.507 e. The van der Waals surface area contributed by atoms with E-state index in [-0.39, 0.29) is 11.7 Å². The number of nitrogens with zero attached hydrogens (tertiary/aromatic N) is 4. The summed E-state index contributed by atoms with van der Waals surface area (Å²) in [5.41, 5.74) is 1.35. The summed E-state index contributed by atoms with van der Waals surface area (Å²) >= 11 is 0. The highest BCUT2D eigenvalue weighted by Crippen LogP contribution is 2.43. The molecule has 2 bridgehead atoms.